The molecule has 0 saturated carbocycles. The van der Waals surface area contributed by atoms with Crippen molar-refractivity contribution < 1.29 is 18.0 Å². The van der Waals surface area contributed by atoms with Crippen LogP contribution in [0.25, 0.3) is 0 Å². The maximum atomic E-state index is 14.5. The van der Waals surface area contributed by atoms with Crippen LogP contribution in [-0.4, -0.2) is 44.3 Å². The van der Waals surface area contributed by atoms with Gasteiger partial charge in [-0.2, -0.15) is 0 Å². The van der Waals surface area contributed by atoms with Crippen LogP contribution in [0.5, 0.6) is 0 Å². The fourth-order valence-electron chi connectivity index (χ4n) is 4.84. The van der Waals surface area contributed by atoms with Crippen LogP contribution in [-0.2, 0) is 32.6 Å². The van der Waals surface area contributed by atoms with Crippen molar-refractivity contribution in [1.82, 2.24) is 10.2 Å². The van der Waals surface area contributed by atoms with E-state index in [-0.39, 0.29) is 23.8 Å². The lowest BCUT2D eigenvalue weighted by Gasteiger charge is -2.34. The average molecular weight is 711 g/mol. The lowest BCUT2D eigenvalue weighted by molar-refractivity contribution is -0.140. The summed E-state index contributed by atoms with van der Waals surface area (Å²) < 4.78 is 30.1. The summed E-state index contributed by atoms with van der Waals surface area (Å²) in [6.07, 6.45) is 1.91. The van der Waals surface area contributed by atoms with Gasteiger partial charge in [0.2, 0.25) is 11.8 Å². The molecular formula is C35H37BrClN3O4S. The second-order valence-electron chi connectivity index (χ2n) is 10.8. The van der Waals surface area contributed by atoms with Gasteiger partial charge in [0.1, 0.15) is 12.6 Å². The molecule has 236 valence electrons. The van der Waals surface area contributed by atoms with Gasteiger partial charge in [0.05, 0.1) is 10.6 Å². The Kier molecular flexibility index (Phi) is 12.2. The number of hydrogen-bond donors (Lipinski definition) is 1. The molecule has 0 fully saturated rings. The number of carbonyl (C=O) groups is 2. The summed E-state index contributed by atoms with van der Waals surface area (Å²) in [6, 6.07) is 28.9. The molecule has 0 spiro atoms. The molecule has 4 rings (SSSR count). The van der Waals surface area contributed by atoms with Gasteiger partial charge in [-0.3, -0.25) is 13.9 Å². The van der Waals surface area contributed by atoms with Crippen LogP contribution >= 0.6 is 27.5 Å². The Balaban J connectivity index is 1.79. The molecule has 1 unspecified atom stereocenters. The number of nitrogens with one attached hydrogen (secondary N) is 1. The average Bonchev–Trinajstić information content (AvgIpc) is 3.03. The fraction of sp³-hybridized carbons (Fsp3) is 0.257. The Morgan fingerprint density at radius 3 is 2.18 bits per heavy atom. The topological polar surface area (TPSA) is 86.8 Å². The zero-order valence-corrected chi connectivity index (χ0v) is 28.5. The number of rotatable bonds is 14. The van der Waals surface area contributed by atoms with Crippen LogP contribution in [0.2, 0.25) is 5.02 Å². The highest BCUT2D eigenvalue weighted by Crippen LogP contribution is 2.27. The molecule has 0 bridgehead atoms. The van der Waals surface area contributed by atoms with E-state index in [1.54, 1.807) is 54.6 Å². The molecule has 1 atom stereocenters. The molecule has 2 amide bonds. The third-order valence-electron chi connectivity index (χ3n) is 7.40. The van der Waals surface area contributed by atoms with Gasteiger partial charge in [-0.15, -0.1) is 0 Å². The first-order chi connectivity index (χ1) is 21.6. The molecule has 0 heterocycles. The van der Waals surface area contributed by atoms with Crippen molar-refractivity contribution in [2.24, 2.45) is 0 Å². The normalized spacial score (nSPS) is 11.9. The van der Waals surface area contributed by atoms with Crippen molar-refractivity contribution in [2.45, 2.75) is 50.6 Å². The summed E-state index contributed by atoms with van der Waals surface area (Å²) in [5, 5.41) is 3.43. The zero-order valence-electron chi connectivity index (χ0n) is 25.3. The van der Waals surface area contributed by atoms with Gasteiger partial charge in [-0.05, 0) is 66.9 Å². The Labute approximate surface area is 279 Å². The van der Waals surface area contributed by atoms with E-state index < -0.39 is 28.5 Å². The van der Waals surface area contributed by atoms with Crippen LogP contribution in [0.4, 0.5) is 5.69 Å². The maximum absolute atomic E-state index is 14.5. The minimum absolute atomic E-state index is 0.00988. The van der Waals surface area contributed by atoms with Gasteiger partial charge in [-0.25, -0.2) is 8.42 Å². The Hall–Kier alpha value is -3.66. The van der Waals surface area contributed by atoms with Crippen molar-refractivity contribution in [2.75, 3.05) is 17.4 Å². The van der Waals surface area contributed by atoms with E-state index in [1.807, 2.05) is 50.2 Å². The van der Waals surface area contributed by atoms with Gasteiger partial charge in [-0.1, -0.05) is 107 Å². The molecule has 0 radical (unpaired) electrons. The van der Waals surface area contributed by atoms with E-state index >= 15 is 0 Å². The number of carbonyl (C=O) groups excluding carboxylic acids is 2. The van der Waals surface area contributed by atoms with Crippen LogP contribution in [0.15, 0.2) is 112 Å². The Bertz CT molecular complexity index is 1680. The monoisotopic (exact) mass is 709 g/mol. The highest BCUT2D eigenvalue weighted by Gasteiger charge is 2.34. The van der Waals surface area contributed by atoms with Crippen LogP contribution < -0.4 is 9.62 Å². The second kappa shape index (κ2) is 16.1. The molecule has 0 aliphatic rings. The summed E-state index contributed by atoms with van der Waals surface area (Å²) in [7, 11) is -4.17. The third kappa shape index (κ3) is 9.19. The quantitative estimate of drug-likeness (QED) is 0.141. The molecule has 7 nitrogen and oxygen atoms in total. The van der Waals surface area contributed by atoms with Crippen LogP contribution in [0.1, 0.15) is 36.5 Å². The molecule has 4 aromatic rings. The number of sulfonamides is 1. The first kappa shape index (κ1) is 34.2. The molecule has 0 aliphatic heterocycles. The largest absolute Gasteiger partial charge is 0.354 e. The number of halogens is 2. The van der Waals surface area contributed by atoms with Crippen molar-refractivity contribution in [1.29, 1.82) is 0 Å². The lowest BCUT2D eigenvalue weighted by atomic mass is 10.0. The molecule has 4 aromatic carbocycles. The van der Waals surface area contributed by atoms with Crippen LogP contribution in [0, 0.1) is 6.92 Å². The molecule has 10 heteroatoms. The van der Waals surface area contributed by atoms with E-state index in [2.05, 4.69) is 21.2 Å². The molecule has 0 saturated heterocycles. The van der Waals surface area contributed by atoms with Crippen molar-refractivity contribution >= 4 is 55.1 Å². The molecule has 0 aliphatic carbocycles. The summed E-state index contributed by atoms with van der Waals surface area (Å²) in [5.74, 6) is -0.857. The highest BCUT2D eigenvalue weighted by atomic mass is 79.9. The minimum Gasteiger partial charge on any atom is -0.354 e. The number of hydrogen-bond acceptors (Lipinski definition) is 4. The number of benzene rings is 4. The predicted molar refractivity (Wildman–Crippen MR) is 184 cm³/mol. The van der Waals surface area contributed by atoms with Crippen molar-refractivity contribution in [3.63, 3.8) is 0 Å². The number of unbranched alkanes of at least 4 members (excludes halogenated alkanes) is 1. The first-order valence-corrected chi connectivity index (χ1v) is 17.4. The predicted octanol–water partition coefficient (Wildman–Crippen LogP) is 7.16. The Morgan fingerprint density at radius 1 is 0.889 bits per heavy atom. The summed E-state index contributed by atoms with van der Waals surface area (Å²) in [5.41, 5.74) is 2.73. The van der Waals surface area contributed by atoms with E-state index in [4.69, 9.17) is 11.6 Å². The lowest BCUT2D eigenvalue weighted by Crippen LogP contribution is -2.53. The Morgan fingerprint density at radius 2 is 1.53 bits per heavy atom. The molecule has 1 N–H and O–H groups in total. The molecule has 45 heavy (non-hydrogen) atoms. The van der Waals surface area contributed by atoms with Gasteiger partial charge in [0.25, 0.3) is 10.0 Å². The van der Waals surface area contributed by atoms with E-state index in [0.717, 1.165) is 32.7 Å². The van der Waals surface area contributed by atoms with Gasteiger partial charge in [0.15, 0.2) is 0 Å². The molecule has 0 aromatic heterocycles. The van der Waals surface area contributed by atoms with Crippen LogP contribution in [0.3, 0.4) is 0 Å². The number of nitrogens with zero attached hydrogens (tertiary/aromatic N) is 2. The summed E-state index contributed by atoms with van der Waals surface area (Å²) in [4.78, 5) is 29.8. The van der Waals surface area contributed by atoms with E-state index in [1.165, 1.54) is 17.0 Å². The highest BCUT2D eigenvalue weighted by molar-refractivity contribution is 9.10. The number of anilines is 1. The van der Waals surface area contributed by atoms with E-state index in [9.17, 15) is 18.0 Å². The van der Waals surface area contributed by atoms with E-state index in [0.29, 0.717) is 22.8 Å². The minimum atomic E-state index is -4.17. The molecular weight excluding hydrogens is 674 g/mol. The van der Waals surface area contributed by atoms with Gasteiger partial charge >= 0.3 is 0 Å². The van der Waals surface area contributed by atoms with Gasteiger partial charge < -0.3 is 10.2 Å². The SMILES string of the molecule is CCCCNC(=O)C(Cc1ccccc1)N(Cc1ccccc1Cl)C(=O)CN(c1ccc(Br)cc1)S(=O)(=O)c1ccc(C)cc1. The standard InChI is InChI=1S/C35H37BrClN3O4S/c1-3-4-22-38-35(42)33(23-27-10-6-5-7-11-27)39(24-28-12-8-9-13-32(28)37)34(41)25-40(30-18-16-29(36)17-19-30)45(43,44)31-20-14-26(2)15-21-31/h5-21,33H,3-4,22-25H2,1-2H3,(H,38,42). The smallest absolute Gasteiger partial charge is 0.264 e. The summed E-state index contributed by atoms with van der Waals surface area (Å²) in [6.45, 7) is 3.84. The first-order valence-electron chi connectivity index (χ1n) is 14.8. The second-order valence-corrected chi connectivity index (χ2v) is 13.9. The number of amides is 2. The van der Waals surface area contributed by atoms with Crippen molar-refractivity contribution in [3.05, 3.63) is 129 Å². The zero-order chi connectivity index (χ0) is 32.4. The summed E-state index contributed by atoms with van der Waals surface area (Å²) >= 11 is 9.96. The van der Waals surface area contributed by atoms with Gasteiger partial charge in [0, 0.05) is 29.0 Å². The maximum Gasteiger partial charge on any atom is 0.264 e. The fourth-order valence-corrected chi connectivity index (χ4v) is 6.72. The third-order valence-corrected chi connectivity index (χ3v) is 10.1. The number of aryl methyl sites for hydroxylation is 1. The van der Waals surface area contributed by atoms with Crippen molar-refractivity contribution in [3.8, 4) is 0 Å².